The first-order valence-corrected chi connectivity index (χ1v) is 11.9. The minimum Gasteiger partial charge on any atom is -0.338 e. The molecule has 2 fully saturated rings. The Morgan fingerprint density at radius 1 is 1.15 bits per heavy atom. The molecule has 2 aliphatic rings. The van der Waals surface area contributed by atoms with Crippen LogP contribution in [0.5, 0.6) is 0 Å². The molecule has 0 aliphatic carbocycles. The summed E-state index contributed by atoms with van der Waals surface area (Å²) in [5.41, 5.74) is 2.93. The maximum Gasteiger partial charge on any atom is 0.231 e. The van der Waals surface area contributed by atoms with Crippen LogP contribution in [0.1, 0.15) is 56.0 Å². The Morgan fingerprint density at radius 3 is 2.67 bits per heavy atom. The molecule has 5 heterocycles. The van der Waals surface area contributed by atoms with Gasteiger partial charge >= 0.3 is 0 Å². The Bertz CT molecular complexity index is 1100. The number of aromatic nitrogens is 5. The van der Waals surface area contributed by atoms with E-state index >= 15 is 0 Å². The van der Waals surface area contributed by atoms with E-state index in [0.29, 0.717) is 12.6 Å². The summed E-state index contributed by atoms with van der Waals surface area (Å²) in [6, 6.07) is 4.33. The van der Waals surface area contributed by atoms with Gasteiger partial charge in [-0.15, -0.1) is 0 Å². The quantitative estimate of drug-likeness (QED) is 0.557. The maximum atomic E-state index is 13.9. The van der Waals surface area contributed by atoms with Crippen LogP contribution in [0.2, 0.25) is 0 Å². The first kappa shape index (κ1) is 21.8. The molecule has 0 saturated carbocycles. The van der Waals surface area contributed by atoms with E-state index in [0.717, 1.165) is 50.4 Å². The molecule has 0 N–H and O–H groups in total. The second-order valence-corrected chi connectivity index (χ2v) is 9.75. The van der Waals surface area contributed by atoms with Crippen molar-refractivity contribution >= 4 is 5.91 Å². The molecule has 0 aromatic carbocycles. The minimum absolute atomic E-state index is 0.0914. The summed E-state index contributed by atoms with van der Waals surface area (Å²) < 4.78 is 4.10. The van der Waals surface area contributed by atoms with E-state index in [1.165, 1.54) is 5.56 Å². The molecule has 2 aliphatic heterocycles. The second kappa shape index (κ2) is 8.74. The number of likely N-dealkylation sites (tertiary alicyclic amines) is 2. The molecule has 0 radical (unpaired) electrons. The zero-order valence-corrected chi connectivity index (χ0v) is 19.8. The van der Waals surface area contributed by atoms with Gasteiger partial charge in [0.05, 0.1) is 23.6 Å². The lowest BCUT2D eigenvalue weighted by molar-refractivity contribution is -0.136. The lowest BCUT2D eigenvalue weighted by Crippen LogP contribution is -2.39. The van der Waals surface area contributed by atoms with Crippen molar-refractivity contribution in [1.29, 1.82) is 0 Å². The standard InChI is InChI=1S/C25H33N7O/c1-4-32-14-21(11-28-32)12-29-15-22(23-16-31(18-27-23)19(2)3)25(17-29)7-10-30(24(25)33)13-20-5-8-26-9-6-20/h5-6,8-9,11,14,16,18-19,22H,4,7,10,12-13,15,17H2,1-3H3. The van der Waals surface area contributed by atoms with E-state index < -0.39 is 5.41 Å². The number of nitrogens with zero attached hydrogens (tertiary/aromatic N) is 7. The van der Waals surface area contributed by atoms with E-state index in [9.17, 15) is 4.79 Å². The summed E-state index contributed by atoms with van der Waals surface area (Å²) in [6.07, 6.45) is 12.6. The second-order valence-electron chi connectivity index (χ2n) is 9.75. The molecule has 33 heavy (non-hydrogen) atoms. The monoisotopic (exact) mass is 447 g/mol. The molecular formula is C25H33N7O. The molecule has 2 atom stereocenters. The van der Waals surface area contributed by atoms with Gasteiger partial charge in [-0.25, -0.2) is 4.98 Å². The van der Waals surface area contributed by atoms with Crippen LogP contribution in [0.4, 0.5) is 0 Å². The first-order valence-electron chi connectivity index (χ1n) is 11.9. The van der Waals surface area contributed by atoms with Gasteiger partial charge in [-0.1, -0.05) is 0 Å². The van der Waals surface area contributed by atoms with Gasteiger partial charge in [0.25, 0.3) is 0 Å². The highest BCUT2D eigenvalue weighted by Crippen LogP contribution is 2.50. The summed E-state index contributed by atoms with van der Waals surface area (Å²) in [7, 11) is 0. The normalized spacial score (nSPS) is 23.5. The zero-order chi connectivity index (χ0) is 23.0. The van der Waals surface area contributed by atoms with Crippen molar-refractivity contribution in [2.75, 3.05) is 19.6 Å². The van der Waals surface area contributed by atoms with Gasteiger partial charge in [0.1, 0.15) is 0 Å². The molecule has 0 bridgehead atoms. The highest BCUT2D eigenvalue weighted by Gasteiger charge is 2.57. The number of rotatable bonds is 7. The van der Waals surface area contributed by atoms with Gasteiger partial charge in [0.2, 0.25) is 5.91 Å². The summed E-state index contributed by atoms with van der Waals surface area (Å²) in [6.45, 7) is 11.1. The molecule has 2 saturated heterocycles. The van der Waals surface area contributed by atoms with E-state index in [2.05, 4.69) is 52.7 Å². The summed E-state index contributed by atoms with van der Waals surface area (Å²) in [5, 5.41) is 4.43. The van der Waals surface area contributed by atoms with E-state index in [4.69, 9.17) is 4.98 Å². The third-order valence-electron chi connectivity index (χ3n) is 7.27. The minimum atomic E-state index is -0.427. The topological polar surface area (TPSA) is 72.1 Å². The maximum absolute atomic E-state index is 13.9. The van der Waals surface area contributed by atoms with Crippen molar-refractivity contribution in [2.45, 2.75) is 58.8 Å². The van der Waals surface area contributed by atoms with Crippen LogP contribution >= 0.6 is 0 Å². The van der Waals surface area contributed by atoms with Crippen LogP contribution in [-0.2, 0) is 24.4 Å². The average Bonchev–Trinajstić information content (AvgIpc) is 3.59. The lowest BCUT2D eigenvalue weighted by Gasteiger charge is -2.28. The third-order valence-corrected chi connectivity index (χ3v) is 7.27. The van der Waals surface area contributed by atoms with Crippen LogP contribution in [0, 0.1) is 5.41 Å². The van der Waals surface area contributed by atoms with Crippen LogP contribution in [0.25, 0.3) is 0 Å². The van der Waals surface area contributed by atoms with Gasteiger partial charge in [-0.3, -0.25) is 19.4 Å². The average molecular weight is 448 g/mol. The summed E-state index contributed by atoms with van der Waals surface area (Å²) in [4.78, 5) is 27.3. The number of amides is 1. The van der Waals surface area contributed by atoms with E-state index in [1.807, 2.05) is 34.2 Å². The number of pyridine rings is 1. The molecule has 8 heteroatoms. The lowest BCUT2D eigenvalue weighted by atomic mass is 9.75. The number of hydrogen-bond donors (Lipinski definition) is 0. The van der Waals surface area contributed by atoms with Crippen LogP contribution in [-0.4, -0.2) is 59.7 Å². The Balaban J connectivity index is 1.42. The van der Waals surface area contributed by atoms with Crippen molar-refractivity contribution in [3.05, 3.63) is 66.3 Å². The zero-order valence-electron chi connectivity index (χ0n) is 19.8. The van der Waals surface area contributed by atoms with E-state index in [-0.39, 0.29) is 11.8 Å². The molecule has 8 nitrogen and oxygen atoms in total. The van der Waals surface area contributed by atoms with Crippen molar-refractivity contribution in [3.8, 4) is 0 Å². The van der Waals surface area contributed by atoms with Gasteiger partial charge in [0, 0.05) is 81.6 Å². The Kier molecular flexibility index (Phi) is 5.78. The molecular weight excluding hydrogens is 414 g/mol. The molecule has 174 valence electrons. The Labute approximate surface area is 195 Å². The SMILES string of the molecule is CCn1cc(CN2CC(c3cn(C(C)C)cn3)C3(CCN(Cc4ccncc4)C3=O)C2)cn1. The Morgan fingerprint density at radius 2 is 1.97 bits per heavy atom. The smallest absolute Gasteiger partial charge is 0.231 e. The predicted octanol–water partition coefficient (Wildman–Crippen LogP) is 3.09. The molecule has 3 aromatic rings. The van der Waals surface area contributed by atoms with Crippen molar-refractivity contribution < 1.29 is 4.79 Å². The van der Waals surface area contributed by atoms with Crippen molar-refractivity contribution in [3.63, 3.8) is 0 Å². The predicted molar refractivity (Wildman–Crippen MR) is 125 cm³/mol. The number of aryl methyl sites for hydroxylation is 1. The van der Waals surface area contributed by atoms with Gasteiger partial charge in [-0.05, 0) is 44.9 Å². The number of carbonyl (C=O) groups is 1. The van der Waals surface area contributed by atoms with Crippen LogP contribution in [0.15, 0.2) is 49.4 Å². The molecule has 3 aromatic heterocycles. The Hall–Kier alpha value is -3.00. The molecule has 2 unspecified atom stereocenters. The highest BCUT2D eigenvalue weighted by molar-refractivity contribution is 5.86. The first-order chi connectivity index (χ1) is 16.0. The van der Waals surface area contributed by atoms with Crippen molar-refractivity contribution in [2.24, 2.45) is 5.41 Å². The fourth-order valence-corrected chi connectivity index (χ4v) is 5.43. The third kappa shape index (κ3) is 4.08. The summed E-state index contributed by atoms with van der Waals surface area (Å²) in [5.74, 6) is 0.351. The fraction of sp³-hybridized carbons (Fsp3) is 0.520. The molecule has 5 rings (SSSR count). The van der Waals surface area contributed by atoms with E-state index in [1.54, 1.807) is 12.4 Å². The van der Waals surface area contributed by atoms with Gasteiger partial charge < -0.3 is 9.47 Å². The largest absolute Gasteiger partial charge is 0.338 e. The number of imidazole rings is 1. The summed E-state index contributed by atoms with van der Waals surface area (Å²) >= 11 is 0. The number of carbonyl (C=O) groups excluding carboxylic acids is 1. The van der Waals surface area contributed by atoms with Crippen molar-refractivity contribution in [1.82, 2.24) is 34.1 Å². The number of hydrogen-bond acceptors (Lipinski definition) is 5. The molecule has 1 amide bonds. The fourth-order valence-electron chi connectivity index (χ4n) is 5.43. The van der Waals surface area contributed by atoms with Gasteiger partial charge in [-0.2, -0.15) is 5.10 Å². The highest BCUT2D eigenvalue weighted by atomic mass is 16.2. The van der Waals surface area contributed by atoms with Gasteiger partial charge in [0.15, 0.2) is 0 Å². The van der Waals surface area contributed by atoms with Crippen LogP contribution < -0.4 is 0 Å². The van der Waals surface area contributed by atoms with Crippen LogP contribution in [0.3, 0.4) is 0 Å². The molecule has 1 spiro atoms.